The lowest BCUT2D eigenvalue weighted by molar-refractivity contribution is -0.142. The number of thiazole rings is 1. The molecule has 3 rings (SSSR count). The van der Waals surface area contributed by atoms with Crippen LogP contribution in [0.3, 0.4) is 0 Å². The van der Waals surface area contributed by atoms with E-state index >= 15 is 0 Å². The number of aromatic nitrogens is 1. The van der Waals surface area contributed by atoms with Gasteiger partial charge in [-0.2, -0.15) is 0 Å². The Morgan fingerprint density at radius 3 is 3.00 bits per heavy atom. The van der Waals surface area contributed by atoms with Gasteiger partial charge in [-0.25, -0.2) is 14.6 Å². The van der Waals surface area contributed by atoms with Crippen LogP contribution in [0.4, 0.5) is 9.93 Å². The average Bonchev–Trinajstić information content (AvgIpc) is 3.05. The highest BCUT2D eigenvalue weighted by Gasteiger charge is 2.36. The number of urea groups is 1. The van der Waals surface area contributed by atoms with E-state index in [-0.39, 0.29) is 0 Å². The SMILES string of the molecule is Cc1cnc(NC(=O)N2CCc3sccc3C2C(=O)O)s1. The minimum Gasteiger partial charge on any atom is -0.479 e. The largest absolute Gasteiger partial charge is 0.479 e. The van der Waals surface area contributed by atoms with Gasteiger partial charge in [0.25, 0.3) is 0 Å². The zero-order valence-electron chi connectivity index (χ0n) is 11.2. The molecule has 0 aliphatic carbocycles. The van der Waals surface area contributed by atoms with Crippen molar-refractivity contribution >= 4 is 39.8 Å². The molecule has 2 amide bonds. The lowest BCUT2D eigenvalue weighted by atomic mass is 10.0. The summed E-state index contributed by atoms with van der Waals surface area (Å²) in [4.78, 5) is 31.3. The second-order valence-corrected chi connectivity index (χ2v) is 6.92. The number of carboxylic acids is 1. The molecule has 0 saturated carbocycles. The molecule has 6 nitrogen and oxygen atoms in total. The van der Waals surface area contributed by atoms with Crippen molar-refractivity contribution in [2.75, 3.05) is 11.9 Å². The maximum Gasteiger partial charge on any atom is 0.331 e. The Hall–Kier alpha value is -1.93. The molecule has 8 heteroatoms. The van der Waals surface area contributed by atoms with Gasteiger partial charge in [-0.05, 0) is 30.4 Å². The molecule has 2 aromatic heterocycles. The quantitative estimate of drug-likeness (QED) is 0.890. The first-order valence-electron chi connectivity index (χ1n) is 6.35. The van der Waals surface area contributed by atoms with Crippen LogP contribution in [0.1, 0.15) is 21.4 Å². The minimum atomic E-state index is -1.01. The van der Waals surface area contributed by atoms with Crippen molar-refractivity contribution in [3.05, 3.63) is 33.0 Å². The third-order valence-corrected chi connectivity index (χ3v) is 5.12. The highest BCUT2D eigenvalue weighted by atomic mass is 32.1. The Morgan fingerprint density at radius 2 is 2.33 bits per heavy atom. The smallest absolute Gasteiger partial charge is 0.331 e. The Balaban J connectivity index is 1.84. The van der Waals surface area contributed by atoms with Crippen LogP contribution in [0.15, 0.2) is 17.6 Å². The first kappa shape index (κ1) is 14.0. The molecule has 0 fully saturated rings. The molecule has 2 N–H and O–H groups in total. The number of carbonyl (C=O) groups excluding carboxylic acids is 1. The van der Waals surface area contributed by atoms with Crippen molar-refractivity contribution in [3.8, 4) is 0 Å². The van der Waals surface area contributed by atoms with Crippen molar-refractivity contribution in [1.82, 2.24) is 9.88 Å². The number of hydrogen-bond donors (Lipinski definition) is 2. The Labute approximate surface area is 129 Å². The Morgan fingerprint density at radius 1 is 1.52 bits per heavy atom. The van der Waals surface area contributed by atoms with Gasteiger partial charge in [0, 0.05) is 22.5 Å². The third kappa shape index (κ3) is 2.64. The van der Waals surface area contributed by atoms with Gasteiger partial charge in [0.05, 0.1) is 0 Å². The molecule has 110 valence electrons. The van der Waals surface area contributed by atoms with Crippen LogP contribution in [-0.2, 0) is 11.2 Å². The molecule has 1 aliphatic rings. The van der Waals surface area contributed by atoms with E-state index in [4.69, 9.17) is 0 Å². The van der Waals surface area contributed by atoms with E-state index in [1.54, 1.807) is 12.3 Å². The van der Waals surface area contributed by atoms with Crippen molar-refractivity contribution in [2.24, 2.45) is 0 Å². The summed E-state index contributed by atoms with van der Waals surface area (Å²) >= 11 is 2.90. The van der Waals surface area contributed by atoms with Crippen molar-refractivity contribution in [1.29, 1.82) is 0 Å². The Bertz CT molecular complexity index is 694. The van der Waals surface area contributed by atoms with E-state index in [1.807, 2.05) is 12.3 Å². The van der Waals surface area contributed by atoms with Crippen LogP contribution < -0.4 is 5.32 Å². The van der Waals surface area contributed by atoms with Crippen molar-refractivity contribution in [2.45, 2.75) is 19.4 Å². The predicted molar refractivity (Wildman–Crippen MR) is 81.0 cm³/mol. The van der Waals surface area contributed by atoms with E-state index in [9.17, 15) is 14.7 Å². The van der Waals surface area contributed by atoms with Crippen molar-refractivity contribution in [3.63, 3.8) is 0 Å². The molecule has 1 unspecified atom stereocenters. The molecular weight excluding hydrogens is 310 g/mol. The monoisotopic (exact) mass is 323 g/mol. The van der Waals surface area contributed by atoms with Gasteiger partial charge < -0.3 is 10.0 Å². The minimum absolute atomic E-state index is 0.390. The summed E-state index contributed by atoms with van der Waals surface area (Å²) in [6, 6.07) is 0.431. The summed E-state index contributed by atoms with van der Waals surface area (Å²) in [6.45, 7) is 2.28. The topological polar surface area (TPSA) is 82.5 Å². The number of aliphatic carboxylic acids is 1. The summed E-state index contributed by atoms with van der Waals surface area (Å²) in [5.74, 6) is -1.01. The zero-order chi connectivity index (χ0) is 15.0. The summed E-state index contributed by atoms with van der Waals surface area (Å²) < 4.78 is 0. The van der Waals surface area contributed by atoms with Gasteiger partial charge in [-0.3, -0.25) is 5.32 Å². The molecule has 0 radical (unpaired) electrons. The lowest BCUT2D eigenvalue weighted by Crippen LogP contribution is -2.45. The van der Waals surface area contributed by atoms with Crippen LogP contribution in [0.25, 0.3) is 0 Å². The molecular formula is C13H13N3O3S2. The molecule has 1 aliphatic heterocycles. The third-order valence-electron chi connectivity index (χ3n) is 3.30. The van der Waals surface area contributed by atoms with Crippen LogP contribution in [0.5, 0.6) is 0 Å². The molecule has 0 saturated heterocycles. The molecule has 3 heterocycles. The first-order chi connectivity index (χ1) is 10.1. The van der Waals surface area contributed by atoms with Crippen LogP contribution in [-0.4, -0.2) is 33.5 Å². The number of nitrogens with one attached hydrogen (secondary N) is 1. The van der Waals surface area contributed by atoms with Gasteiger partial charge in [0.15, 0.2) is 11.2 Å². The maximum absolute atomic E-state index is 12.3. The number of thiophene rings is 1. The summed E-state index contributed by atoms with van der Waals surface area (Å²) in [5.41, 5.74) is 0.712. The van der Waals surface area contributed by atoms with E-state index in [2.05, 4.69) is 10.3 Å². The second kappa shape index (κ2) is 5.45. The van der Waals surface area contributed by atoms with Gasteiger partial charge >= 0.3 is 12.0 Å². The van der Waals surface area contributed by atoms with Crippen LogP contribution in [0, 0.1) is 6.92 Å². The maximum atomic E-state index is 12.3. The highest BCUT2D eigenvalue weighted by molar-refractivity contribution is 7.15. The number of fused-ring (bicyclic) bond motifs is 1. The van der Waals surface area contributed by atoms with Gasteiger partial charge in [-0.15, -0.1) is 22.7 Å². The van der Waals surface area contributed by atoms with E-state index < -0.39 is 18.0 Å². The highest BCUT2D eigenvalue weighted by Crippen LogP contribution is 2.34. The number of aryl methyl sites for hydroxylation is 1. The predicted octanol–water partition coefficient (Wildman–Crippen LogP) is 2.73. The van der Waals surface area contributed by atoms with Crippen molar-refractivity contribution < 1.29 is 14.7 Å². The van der Waals surface area contributed by atoms with Gasteiger partial charge in [0.1, 0.15) is 0 Å². The molecule has 0 spiro atoms. The number of anilines is 1. The van der Waals surface area contributed by atoms with Gasteiger partial charge in [0.2, 0.25) is 0 Å². The number of amides is 2. The number of hydrogen-bond acceptors (Lipinski definition) is 5. The lowest BCUT2D eigenvalue weighted by Gasteiger charge is -2.32. The van der Waals surface area contributed by atoms with E-state index in [0.29, 0.717) is 23.7 Å². The number of rotatable bonds is 2. The number of carbonyl (C=O) groups is 2. The summed E-state index contributed by atoms with van der Waals surface area (Å²) in [7, 11) is 0. The second-order valence-electron chi connectivity index (χ2n) is 4.69. The average molecular weight is 323 g/mol. The standard InChI is InChI=1S/C13H13N3O3S2/c1-7-6-14-12(21-7)15-13(19)16-4-2-9-8(3-5-20-9)10(16)11(17)18/h3,5-6,10H,2,4H2,1H3,(H,17,18)(H,14,15,19). The van der Waals surface area contributed by atoms with Crippen LogP contribution in [0.2, 0.25) is 0 Å². The molecule has 1 atom stereocenters. The Kier molecular flexibility index (Phi) is 3.64. The molecule has 21 heavy (non-hydrogen) atoms. The number of nitrogens with zero attached hydrogens (tertiary/aromatic N) is 2. The van der Waals surface area contributed by atoms with E-state index in [0.717, 1.165) is 9.75 Å². The zero-order valence-corrected chi connectivity index (χ0v) is 12.8. The van der Waals surface area contributed by atoms with Gasteiger partial charge in [-0.1, -0.05) is 0 Å². The summed E-state index contributed by atoms with van der Waals surface area (Å²) in [6.07, 6.45) is 2.35. The normalized spacial score (nSPS) is 17.4. The fraction of sp³-hybridized carbons (Fsp3) is 0.308. The fourth-order valence-corrected chi connectivity index (χ4v) is 3.94. The van der Waals surface area contributed by atoms with Crippen LogP contribution >= 0.6 is 22.7 Å². The van der Waals surface area contributed by atoms with E-state index in [1.165, 1.54) is 27.6 Å². The summed E-state index contributed by atoms with van der Waals surface area (Å²) in [5, 5.41) is 14.5. The molecule has 0 bridgehead atoms. The molecule has 0 aromatic carbocycles. The molecule has 2 aromatic rings. The first-order valence-corrected chi connectivity index (χ1v) is 8.05. The fourth-order valence-electron chi connectivity index (χ4n) is 2.38. The number of carboxylic acid groups (broad SMARTS) is 1.